The molecule has 128 valence electrons. The fourth-order valence-corrected chi connectivity index (χ4v) is 2.52. The fraction of sp³-hybridized carbons (Fsp3) is 0.167. The number of anilines is 1. The van der Waals surface area contributed by atoms with E-state index in [0.717, 1.165) is 11.1 Å². The van der Waals surface area contributed by atoms with Crippen LogP contribution in [0.2, 0.25) is 0 Å². The molecule has 0 atom stereocenters. The lowest BCUT2D eigenvalue weighted by molar-refractivity contribution is 0.410. The first-order valence-corrected chi connectivity index (χ1v) is 7.73. The Bertz CT molecular complexity index is 990. The summed E-state index contributed by atoms with van der Waals surface area (Å²) in [6, 6.07) is 14.5. The van der Waals surface area contributed by atoms with Gasteiger partial charge in [-0.05, 0) is 23.8 Å². The van der Waals surface area contributed by atoms with E-state index in [4.69, 9.17) is 10.5 Å². The van der Waals surface area contributed by atoms with Gasteiger partial charge in [0.1, 0.15) is 11.4 Å². The molecule has 0 spiro atoms. The molecular formula is C18H18N4O3. The summed E-state index contributed by atoms with van der Waals surface area (Å²) in [7, 11) is 1.57. The maximum Gasteiger partial charge on any atom is 0.345 e. The molecule has 0 fully saturated rings. The van der Waals surface area contributed by atoms with Gasteiger partial charge < -0.3 is 10.5 Å². The first-order chi connectivity index (χ1) is 12.1. The number of methoxy groups -OCH3 is 1. The molecule has 0 aliphatic carbocycles. The summed E-state index contributed by atoms with van der Waals surface area (Å²) in [5.74, 6) is 0.667. The van der Waals surface area contributed by atoms with Crippen molar-refractivity contribution in [1.29, 1.82) is 0 Å². The standard InChI is InChI=1S/C18H18N4O3/c1-25-16-5-3-2-4-13(16)10-15-17(23)20-18(24)22(21-15)11-12-6-8-14(19)9-7-12/h2-9H,10-11,19H2,1H3,(H,20,23,24). The monoisotopic (exact) mass is 338 g/mol. The quantitative estimate of drug-likeness (QED) is 0.680. The van der Waals surface area contributed by atoms with Crippen LogP contribution in [0, 0.1) is 0 Å². The Hall–Kier alpha value is -3.35. The fourth-order valence-electron chi connectivity index (χ4n) is 2.52. The van der Waals surface area contributed by atoms with Crippen LogP contribution in [0.1, 0.15) is 16.8 Å². The molecule has 3 N–H and O–H groups in total. The number of hydrogen-bond acceptors (Lipinski definition) is 5. The average molecular weight is 338 g/mol. The van der Waals surface area contributed by atoms with E-state index in [1.165, 1.54) is 4.68 Å². The largest absolute Gasteiger partial charge is 0.496 e. The van der Waals surface area contributed by atoms with Gasteiger partial charge in [0.2, 0.25) is 0 Å². The Morgan fingerprint density at radius 3 is 2.56 bits per heavy atom. The summed E-state index contributed by atoms with van der Waals surface area (Å²) < 4.78 is 6.53. The molecule has 1 heterocycles. The summed E-state index contributed by atoms with van der Waals surface area (Å²) in [5.41, 5.74) is 7.19. The number of H-pyrrole nitrogens is 1. The van der Waals surface area contributed by atoms with Crippen LogP contribution in [0.4, 0.5) is 5.69 Å². The van der Waals surface area contributed by atoms with Crippen LogP contribution in [0.3, 0.4) is 0 Å². The number of ether oxygens (including phenoxy) is 1. The maximum absolute atomic E-state index is 12.1. The van der Waals surface area contributed by atoms with E-state index in [0.29, 0.717) is 11.4 Å². The van der Waals surface area contributed by atoms with Gasteiger partial charge in [0.15, 0.2) is 0 Å². The average Bonchev–Trinajstić information content (AvgIpc) is 2.61. The van der Waals surface area contributed by atoms with Crippen LogP contribution in [0.25, 0.3) is 0 Å². The SMILES string of the molecule is COc1ccccc1Cc1nn(Cc2ccc(N)cc2)c(=O)[nH]c1=O. The van der Waals surface area contributed by atoms with E-state index in [1.807, 2.05) is 36.4 Å². The highest BCUT2D eigenvalue weighted by atomic mass is 16.5. The molecule has 0 unspecified atom stereocenters. The molecule has 7 heteroatoms. The molecule has 1 aromatic heterocycles. The third-order valence-electron chi connectivity index (χ3n) is 3.82. The van der Waals surface area contributed by atoms with Crippen LogP contribution in [-0.4, -0.2) is 21.9 Å². The molecule has 2 aromatic carbocycles. The molecule has 0 aliphatic heterocycles. The third-order valence-corrected chi connectivity index (χ3v) is 3.82. The Kier molecular flexibility index (Phi) is 4.65. The third kappa shape index (κ3) is 3.77. The number of para-hydroxylation sites is 1. The first kappa shape index (κ1) is 16.5. The van der Waals surface area contributed by atoms with Crippen molar-refractivity contribution < 1.29 is 4.74 Å². The summed E-state index contributed by atoms with van der Waals surface area (Å²) in [4.78, 5) is 26.5. The first-order valence-electron chi connectivity index (χ1n) is 7.73. The van der Waals surface area contributed by atoms with Gasteiger partial charge in [-0.2, -0.15) is 5.10 Å². The summed E-state index contributed by atoms with van der Waals surface area (Å²) in [6.45, 7) is 0.245. The maximum atomic E-state index is 12.1. The molecule has 0 aliphatic rings. The molecule has 0 amide bonds. The number of rotatable bonds is 5. The predicted octanol–water partition coefficient (Wildman–Crippen LogP) is 1.16. The smallest absolute Gasteiger partial charge is 0.345 e. The van der Waals surface area contributed by atoms with Crippen molar-refractivity contribution in [2.24, 2.45) is 0 Å². The molecule has 0 bridgehead atoms. The van der Waals surface area contributed by atoms with Crippen molar-refractivity contribution in [3.8, 4) is 5.75 Å². The zero-order valence-electron chi connectivity index (χ0n) is 13.7. The number of nitrogen functional groups attached to an aromatic ring is 1. The summed E-state index contributed by atoms with van der Waals surface area (Å²) >= 11 is 0. The molecular weight excluding hydrogens is 320 g/mol. The van der Waals surface area contributed by atoms with Crippen molar-refractivity contribution in [2.45, 2.75) is 13.0 Å². The van der Waals surface area contributed by atoms with E-state index >= 15 is 0 Å². The number of hydrogen-bond donors (Lipinski definition) is 2. The minimum Gasteiger partial charge on any atom is -0.496 e. The predicted molar refractivity (Wildman–Crippen MR) is 94.9 cm³/mol. The van der Waals surface area contributed by atoms with Gasteiger partial charge in [-0.1, -0.05) is 30.3 Å². The zero-order valence-corrected chi connectivity index (χ0v) is 13.7. The van der Waals surface area contributed by atoms with Crippen molar-refractivity contribution in [1.82, 2.24) is 14.8 Å². The highest BCUT2D eigenvalue weighted by Gasteiger charge is 2.11. The highest BCUT2D eigenvalue weighted by molar-refractivity contribution is 5.39. The lowest BCUT2D eigenvalue weighted by Crippen LogP contribution is -2.35. The van der Waals surface area contributed by atoms with Gasteiger partial charge in [0, 0.05) is 17.7 Å². The molecule has 3 aromatic rings. The van der Waals surface area contributed by atoms with Gasteiger partial charge in [0.25, 0.3) is 5.56 Å². The number of aromatic nitrogens is 3. The van der Waals surface area contributed by atoms with E-state index in [2.05, 4.69) is 10.1 Å². The van der Waals surface area contributed by atoms with Gasteiger partial charge in [-0.15, -0.1) is 0 Å². The lowest BCUT2D eigenvalue weighted by atomic mass is 10.1. The van der Waals surface area contributed by atoms with Crippen molar-refractivity contribution in [3.63, 3.8) is 0 Å². The summed E-state index contributed by atoms with van der Waals surface area (Å²) in [6.07, 6.45) is 0.265. The molecule has 7 nitrogen and oxygen atoms in total. The number of nitrogens with zero attached hydrogens (tertiary/aromatic N) is 2. The topological polar surface area (TPSA) is 103 Å². The minimum absolute atomic E-state index is 0.245. The molecule has 0 saturated heterocycles. The van der Waals surface area contributed by atoms with E-state index in [1.54, 1.807) is 19.2 Å². The Balaban J connectivity index is 1.94. The van der Waals surface area contributed by atoms with Crippen molar-refractivity contribution in [2.75, 3.05) is 12.8 Å². The summed E-state index contributed by atoms with van der Waals surface area (Å²) in [5, 5.41) is 4.23. The van der Waals surface area contributed by atoms with Gasteiger partial charge in [-0.3, -0.25) is 9.78 Å². The Morgan fingerprint density at radius 1 is 1.12 bits per heavy atom. The lowest BCUT2D eigenvalue weighted by Gasteiger charge is -2.09. The molecule has 0 radical (unpaired) electrons. The Morgan fingerprint density at radius 2 is 1.84 bits per heavy atom. The van der Waals surface area contributed by atoms with Crippen molar-refractivity contribution in [3.05, 3.63) is 86.2 Å². The second-order valence-electron chi connectivity index (χ2n) is 5.59. The molecule has 3 rings (SSSR count). The molecule has 0 saturated carbocycles. The minimum atomic E-state index is -0.550. The van der Waals surface area contributed by atoms with E-state index in [9.17, 15) is 9.59 Å². The van der Waals surface area contributed by atoms with Crippen molar-refractivity contribution >= 4 is 5.69 Å². The molecule has 25 heavy (non-hydrogen) atoms. The van der Waals surface area contributed by atoms with Crippen LogP contribution in [-0.2, 0) is 13.0 Å². The van der Waals surface area contributed by atoms with Crippen LogP contribution in [0.5, 0.6) is 5.75 Å². The van der Waals surface area contributed by atoms with Crippen LogP contribution in [0.15, 0.2) is 58.1 Å². The van der Waals surface area contributed by atoms with E-state index < -0.39 is 11.2 Å². The number of aromatic amines is 1. The van der Waals surface area contributed by atoms with Gasteiger partial charge >= 0.3 is 5.69 Å². The number of benzene rings is 2. The number of nitrogens with two attached hydrogens (primary N) is 1. The van der Waals surface area contributed by atoms with Gasteiger partial charge in [0.05, 0.1) is 13.7 Å². The zero-order chi connectivity index (χ0) is 17.8. The second-order valence-corrected chi connectivity index (χ2v) is 5.59. The number of nitrogens with one attached hydrogen (secondary N) is 1. The second kappa shape index (κ2) is 7.04. The Labute approximate surface area is 143 Å². The normalized spacial score (nSPS) is 10.6. The van der Waals surface area contributed by atoms with Crippen LogP contribution >= 0.6 is 0 Å². The highest BCUT2D eigenvalue weighted by Crippen LogP contribution is 2.18. The van der Waals surface area contributed by atoms with Crippen LogP contribution < -0.4 is 21.7 Å². The van der Waals surface area contributed by atoms with E-state index in [-0.39, 0.29) is 18.7 Å². The van der Waals surface area contributed by atoms with Gasteiger partial charge in [-0.25, -0.2) is 9.48 Å².